The van der Waals surface area contributed by atoms with Crippen molar-refractivity contribution in [3.05, 3.63) is 94.0 Å². The summed E-state index contributed by atoms with van der Waals surface area (Å²) in [6, 6.07) is 18.9. The third kappa shape index (κ3) is 5.66. The fraction of sp³-hybridized carbons (Fsp3) is 0.208. The fourth-order valence-electron chi connectivity index (χ4n) is 3.09. The van der Waals surface area contributed by atoms with Gasteiger partial charge in [0, 0.05) is 0 Å². The van der Waals surface area contributed by atoms with Crippen molar-refractivity contribution in [2.24, 2.45) is 0 Å². The summed E-state index contributed by atoms with van der Waals surface area (Å²) in [5, 5.41) is 3.09. The standard InChI is InChI=1S/C24H25ClN2O3S/c1-4-18-7-9-19(10-8-18)17(3)26-24(28)22-14-11-20(15-23(22)25)27-31(29,30)21-12-5-16(2)6-13-21/h5-15,17,27H,4H2,1-3H3,(H,26,28). The smallest absolute Gasteiger partial charge is 0.261 e. The molecule has 2 N–H and O–H groups in total. The van der Waals surface area contributed by atoms with Crippen LogP contribution in [0.3, 0.4) is 0 Å². The largest absolute Gasteiger partial charge is 0.345 e. The molecule has 162 valence electrons. The van der Waals surface area contributed by atoms with Gasteiger partial charge >= 0.3 is 0 Å². The summed E-state index contributed by atoms with van der Waals surface area (Å²) < 4.78 is 27.6. The van der Waals surface area contributed by atoms with E-state index in [1.165, 1.54) is 35.9 Å². The number of halogens is 1. The van der Waals surface area contributed by atoms with Gasteiger partial charge < -0.3 is 5.32 Å². The number of carbonyl (C=O) groups is 1. The molecule has 0 aromatic heterocycles. The maximum absolute atomic E-state index is 12.7. The van der Waals surface area contributed by atoms with Crippen LogP contribution in [0.2, 0.25) is 5.02 Å². The summed E-state index contributed by atoms with van der Waals surface area (Å²) in [5.41, 5.74) is 3.74. The van der Waals surface area contributed by atoms with E-state index in [2.05, 4.69) is 17.0 Å². The number of nitrogens with one attached hydrogen (secondary N) is 2. The van der Waals surface area contributed by atoms with Crippen LogP contribution in [-0.4, -0.2) is 14.3 Å². The highest BCUT2D eigenvalue weighted by atomic mass is 35.5. The van der Waals surface area contributed by atoms with Crippen LogP contribution in [0.1, 0.15) is 46.9 Å². The van der Waals surface area contributed by atoms with Gasteiger partial charge in [-0.15, -0.1) is 0 Å². The predicted octanol–water partition coefficient (Wildman–Crippen LogP) is 5.50. The Balaban J connectivity index is 1.72. The second-order valence-corrected chi connectivity index (χ2v) is 9.49. The molecule has 3 rings (SSSR count). The van der Waals surface area contributed by atoms with Gasteiger partial charge in [0.25, 0.3) is 15.9 Å². The Morgan fingerprint density at radius 1 is 1.00 bits per heavy atom. The van der Waals surface area contributed by atoms with Crippen molar-refractivity contribution in [3.63, 3.8) is 0 Å². The van der Waals surface area contributed by atoms with Crippen molar-refractivity contribution in [1.82, 2.24) is 5.32 Å². The van der Waals surface area contributed by atoms with Gasteiger partial charge in [-0.05, 0) is 61.7 Å². The molecule has 0 saturated carbocycles. The topological polar surface area (TPSA) is 75.3 Å². The molecule has 0 spiro atoms. The van der Waals surface area contributed by atoms with Gasteiger partial charge in [-0.3, -0.25) is 9.52 Å². The van der Waals surface area contributed by atoms with E-state index in [0.29, 0.717) is 0 Å². The molecule has 7 heteroatoms. The van der Waals surface area contributed by atoms with E-state index in [4.69, 9.17) is 11.6 Å². The van der Waals surface area contributed by atoms with Crippen molar-refractivity contribution in [2.45, 2.75) is 38.1 Å². The second kappa shape index (κ2) is 9.54. The lowest BCUT2D eigenvalue weighted by Gasteiger charge is -2.16. The maximum Gasteiger partial charge on any atom is 0.261 e. The van der Waals surface area contributed by atoms with Gasteiger partial charge in [0.05, 0.1) is 27.2 Å². The van der Waals surface area contributed by atoms with Crippen LogP contribution < -0.4 is 10.0 Å². The lowest BCUT2D eigenvalue weighted by molar-refractivity contribution is 0.0940. The quantitative estimate of drug-likeness (QED) is 0.492. The average molecular weight is 457 g/mol. The third-order valence-corrected chi connectivity index (χ3v) is 6.74. The molecule has 0 fully saturated rings. The number of anilines is 1. The Hall–Kier alpha value is -2.83. The summed E-state index contributed by atoms with van der Waals surface area (Å²) in [6.45, 7) is 5.87. The summed E-state index contributed by atoms with van der Waals surface area (Å²) >= 11 is 6.29. The number of sulfonamides is 1. The Kier molecular flexibility index (Phi) is 7.03. The molecule has 1 unspecified atom stereocenters. The van der Waals surface area contributed by atoms with Gasteiger partial charge in [0.2, 0.25) is 0 Å². The molecule has 0 radical (unpaired) electrons. The Morgan fingerprint density at radius 3 is 2.23 bits per heavy atom. The van der Waals surface area contributed by atoms with Crippen LogP contribution in [0.25, 0.3) is 0 Å². The Bertz CT molecular complexity index is 1170. The van der Waals surface area contributed by atoms with Crippen LogP contribution in [0.4, 0.5) is 5.69 Å². The van der Waals surface area contributed by atoms with Crippen molar-refractivity contribution < 1.29 is 13.2 Å². The van der Waals surface area contributed by atoms with Crippen LogP contribution in [0, 0.1) is 6.92 Å². The van der Waals surface area contributed by atoms with Crippen LogP contribution in [-0.2, 0) is 16.4 Å². The van der Waals surface area contributed by atoms with Gasteiger partial charge in [-0.25, -0.2) is 8.42 Å². The monoisotopic (exact) mass is 456 g/mol. The Morgan fingerprint density at radius 2 is 1.65 bits per heavy atom. The molecule has 0 aliphatic carbocycles. The summed E-state index contributed by atoms with van der Waals surface area (Å²) in [7, 11) is -3.75. The molecule has 0 aliphatic rings. The van der Waals surface area contributed by atoms with E-state index in [0.717, 1.165) is 17.5 Å². The van der Waals surface area contributed by atoms with E-state index >= 15 is 0 Å². The van der Waals surface area contributed by atoms with Crippen LogP contribution >= 0.6 is 11.6 Å². The van der Waals surface area contributed by atoms with Crippen molar-refractivity contribution in [2.75, 3.05) is 4.72 Å². The first-order valence-electron chi connectivity index (χ1n) is 9.98. The van der Waals surface area contributed by atoms with Gasteiger partial charge in [-0.2, -0.15) is 0 Å². The maximum atomic E-state index is 12.7. The highest BCUT2D eigenvalue weighted by molar-refractivity contribution is 7.92. The molecule has 0 bridgehead atoms. The van der Waals surface area contributed by atoms with Crippen molar-refractivity contribution in [1.29, 1.82) is 0 Å². The first-order chi connectivity index (χ1) is 14.7. The number of rotatable bonds is 7. The van der Waals surface area contributed by atoms with Crippen molar-refractivity contribution in [3.8, 4) is 0 Å². The highest BCUT2D eigenvalue weighted by Crippen LogP contribution is 2.24. The van der Waals surface area contributed by atoms with Crippen LogP contribution in [0.15, 0.2) is 71.6 Å². The van der Waals surface area contributed by atoms with E-state index in [-0.39, 0.29) is 33.1 Å². The minimum absolute atomic E-state index is 0.152. The highest BCUT2D eigenvalue weighted by Gasteiger charge is 2.18. The second-order valence-electron chi connectivity index (χ2n) is 7.40. The minimum Gasteiger partial charge on any atom is -0.345 e. The normalized spacial score (nSPS) is 12.3. The summed E-state index contributed by atoms with van der Waals surface area (Å²) in [4.78, 5) is 12.8. The number of amides is 1. The molecule has 0 aliphatic heterocycles. The molecule has 0 heterocycles. The molecular formula is C24H25ClN2O3S. The number of hydrogen-bond donors (Lipinski definition) is 2. The van der Waals surface area contributed by atoms with Crippen molar-refractivity contribution >= 4 is 33.2 Å². The molecular weight excluding hydrogens is 432 g/mol. The molecule has 3 aromatic rings. The minimum atomic E-state index is -3.75. The van der Waals surface area contributed by atoms with Gasteiger partial charge in [-0.1, -0.05) is 60.5 Å². The summed E-state index contributed by atoms with van der Waals surface area (Å²) in [5.74, 6) is -0.329. The van der Waals surface area contributed by atoms with Crippen LogP contribution in [0.5, 0.6) is 0 Å². The molecule has 31 heavy (non-hydrogen) atoms. The molecule has 0 saturated heterocycles. The average Bonchev–Trinajstić information content (AvgIpc) is 2.73. The first-order valence-corrected chi connectivity index (χ1v) is 11.8. The molecule has 1 atom stereocenters. The SMILES string of the molecule is CCc1ccc(C(C)NC(=O)c2ccc(NS(=O)(=O)c3ccc(C)cc3)cc2Cl)cc1. The Labute approximate surface area is 188 Å². The van der Waals surface area contributed by atoms with E-state index in [1.54, 1.807) is 12.1 Å². The molecule has 3 aromatic carbocycles. The van der Waals surface area contributed by atoms with E-state index in [9.17, 15) is 13.2 Å². The van der Waals surface area contributed by atoms with E-state index in [1.807, 2.05) is 38.1 Å². The predicted molar refractivity (Wildman–Crippen MR) is 125 cm³/mol. The number of hydrogen-bond acceptors (Lipinski definition) is 3. The third-order valence-electron chi connectivity index (χ3n) is 5.03. The lowest BCUT2D eigenvalue weighted by Crippen LogP contribution is -2.27. The zero-order valence-electron chi connectivity index (χ0n) is 17.6. The lowest BCUT2D eigenvalue weighted by atomic mass is 10.0. The van der Waals surface area contributed by atoms with Gasteiger partial charge in [0.15, 0.2) is 0 Å². The zero-order valence-corrected chi connectivity index (χ0v) is 19.2. The molecule has 5 nitrogen and oxygen atoms in total. The zero-order chi connectivity index (χ0) is 22.6. The number of aryl methyl sites for hydroxylation is 2. The molecule has 1 amide bonds. The van der Waals surface area contributed by atoms with E-state index < -0.39 is 10.0 Å². The summed E-state index contributed by atoms with van der Waals surface area (Å²) in [6.07, 6.45) is 0.955. The van der Waals surface area contributed by atoms with Gasteiger partial charge in [0.1, 0.15) is 0 Å². The number of carbonyl (C=O) groups excluding carboxylic acids is 1. The number of benzene rings is 3. The first kappa shape index (κ1) is 22.8. The fourth-order valence-corrected chi connectivity index (χ4v) is 4.41.